The fourth-order valence-corrected chi connectivity index (χ4v) is 4.09. The van der Waals surface area contributed by atoms with Crippen LogP contribution in [0.25, 0.3) is 0 Å². The van der Waals surface area contributed by atoms with E-state index in [1.54, 1.807) is 0 Å². The number of nitrogens with zero attached hydrogens (tertiary/aromatic N) is 1. The highest BCUT2D eigenvalue weighted by molar-refractivity contribution is 5.13. The van der Waals surface area contributed by atoms with E-state index in [4.69, 9.17) is 0 Å². The quantitative estimate of drug-likeness (QED) is 0.764. The predicted octanol–water partition coefficient (Wildman–Crippen LogP) is 5.06. The van der Waals surface area contributed by atoms with E-state index in [-0.39, 0.29) is 0 Å². The van der Waals surface area contributed by atoms with Crippen LogP contribution < -0.4 is 0 Å². The van der Waals surface area contributed by atoms with Gasteiger partial charge in [0.25, 0.3) is 0 Å². The molecule has 1 fully saturated rings. The third kappa shape index (κ3) is 3.37. The van der Waals surface area contributed by atoms with Gasteiger partial charge in [0, 0.05) is 0 Å². The summed E-state index contributed by atoms with van der Waals surface area (Å²) in [7, 11) is 0. The third-order valence-electron chi connectivity index (χ3n) is 5.50. The van der Waals surface area contributed by atoms with Gasteiger partial charge in [-0.1, -0.05) is 47.5 Å². The minimum absolute atomic E-state index is 0.315. The molecule has 1 aliphatic rings. The first-order valence-electron chi connectivity index (χ1n) is 8.38. The second kappa shape index (κ2) is 6.48. The molecule has 2 nitrogen and oxygen atoms in total. The molecule has 0 aromatic heterocycles. The van der Waals surface area contributed by atoms with Crippen molar-refractivity contribution in [3.05, 3.63) is 0 Å². The van der Waals surface area contributed by atoms with Gasteiger partial charge in [-0.3, -0.25) is 0 Å². The summed E-state index contributed by atoms with van der Waals surface area (Å²) >= 11 is 0. The minimum Gasteiger partial charge on any atom is -0.388 e. The second-order valence-electron chi connectivity index (χ2n) is 7.87. The molecule has 116 valence electrons. The first-order chi connectivity index (χ1) is 9.24. The SMILES string of the molecule is CCCC(O)(CCC)C1(C#N)CCC(C(C)(C)C)CC1. The molecule has 0 aromatic rings. The van der Waals surface area contributed by atoms with E-state index in [1.807, 2.05) is 0 Å². The Labute approximate surface area is 125 Å². The van der Waals surface area contributed by atoms with Crippen molar-refractivity contribution in [1.29, 1.82) is 5.26 Å². The van der Waals surface area contributed by atoms with Gasteiger partial charge in [0.2, 0.25) is 0 Å². The molecule has 0 heterocycles. The standard InChI is InChI=1S/C18H33NO/c1-6-10-18(20,11-7-2)17(14-19)12-8-15(9-13-17)16(3,4)5/h15,20H,6-13H2,1-5H3. The molecular formula is C18H33NO. The lowest BCUT2D eigenvalue weighted by atomic mass is 9.57. The summed E-state index contributed by atoms with van der Waals surface area (Å²) in [6, 6.07) is 2.55. The number of nitriles is 1. The molecule has 0 aliphatic heterocycles. The largest absolute Gasteiger partial charge is 0.388 e. The zero-order valence-electron chi connectivity index (χ0n) is 14.1. The van der Waals surface area contributed by atoms with Crippen molar-refractivity contribution in [2.24, 2.45) is 16.7 Å². The van der Waals surface area contributed by atoms with Crippen LogP contribution in [0.15, 0.2) is 0 Å². The zero-order chi connectivity index (χ0) is 15.4. The Hall–Kier alpha value is -0.550. The monoisotopic (exact) mass is 279 g/mol. The molecule has 0 atom stereocenters. The fourth-order valence-electron chi connectivity index (χ4n) is 4.09. The van der Waals surface area contributed by atoms with Crippen LogP contribution >= 0.6 is 0 Å². The Kier molecular flexibility index (Phi) is 5.67. The summed E-state index contributed by atoms with van der Waals surface area (Å²) in [5, 5.41) is 21.0. The first kappa shape index (κ1) is 17.5. The Bertz CT molecular complexity index is 333. The molecule has 1 rings (SSSR count). The van der Waals surface area contributed by atoms with Gasteiger partial charge in [0.1, 0.15) is 0 Å². The average Bonchev–Trinajstić information content (AvgIpc) is 2.38. The highest BCUT2D eigenvalue weighted by atomic mass is 16.3. The maximum atomic E-state index is 11.2. The van der Waals surface area contributed by atoms with Crippen LogP contribution in [0.5, 0.6) is 0 Å². The van der Waals surface area contributed by atoms with Crippen LogP contribution in [0.1, 0.15) is 86.0 Å². The van der Waals surface area contributed by atoms with E-state index in [0.29, 0.717) is 11.3 Å². The van der Waals surface area contributed by atoms with E-state index < -0.39 is 11.0 Å². The average molecular weight is 279 g/mol. The summed E-state index contributed by atoms with van der Waals surface area (Å²) in [5.74, 6) is 0.677. The van der Waals surface area contributed by atoms with Crippen molar-refractivity contribution in [2.75, 3.05) is 0 Å². The highest BCUT2D eigenvalue weighted by Crippen LogP contribution is 2.52. The van der Waals surface area contributed by atoms with E-state index in [9.17, 15) is 10.4 Å². The van der Waals surface area contributed by atoms with E-state index >= 15 is 0 Å². The van der Waals surface area contributed by atoms with Gasteiger partial charge in [-0.25, -0.2) is 0 Å². The lowest BCUT2D eigenvalue weighted by Crippen LogP contribution is -2.50. The Morgan fingerprint density at radius 2 is 1.55 bits per heavy atom. The maximum Gasteiger partial charge on any atom is 0.0860 e. The summed E-state index contributed by atoms with van der Waals surface area (Å²) in [6.07, 6.45) is 7.29. The molecule has 0 aromatic carbocycles. The molecule has 0 spiro atoms. The first-order valence-corrected chi connectivity index (χ1v) is 8.38. The van der Waals surface area contributed by atoms with Crippen molar-refractivity contribution in [3.63, 3.8) is 0 Å². The van der Waals surface area contributed by atoms with Crippen molar-refractivity contribution in [3.8, 4) is 6.07 Å². The lowest BCUT2D eigenvalue weighted by Gasteiger charge is -2.48. The molecule has 1 saturated carbocycles. The van der Waals surface area contributed by atoms with Crippen molar-refractivity contribution >= 4 is 0 Å². The predicted molar refractivity (Wildman–Crippen MR) is 84.2 cm³/mol. The maximum absolute atomic E-state index is 11.2. The van der Waals surface area contributed by atoms with Gasteiger partial charge in [0.05, 0.1) is 17.1 Å². The topological polar surface area (TPSA) is 44.0 Å². The van der Waals surface area contributed by atoms with Gasteiger partial charge in [-0.05, 0) is 49.9 Å². The Morgan fingerprint density at radius 1 is 1.10 bits per heavy atom. The minimum atomic E-state index is -0.784. The fraction of sp³-hybridized carbons (Fsp3) is 0.944. The molecule has 0 radical (unpaired) electrons. The van der Waals surface area contributed by atoms with E-state index in [0.717, 1.165) is 51.4 Å². The summed E-state index contributed by atoms with van der Waals surface area (Å²) in [4.78, 5) is 0. The number of rotatable bonds is 5. The van der Waals surface area contributed by atoms with Crippen LogP contribution in [0.2, 0.25) is 0 Å². The van der Waals surface area contributed by atoms with Gasteiger partial charge < -0.3 is 5.11 Å². The number of hydrogen-bond donors (Lipinski definition) is 1. The van der Waals surface area contributed by atoms with Gasteiger partial charge in [0.15, 0.2) is 0 Å². The smallest absolute Gasteiger partial charge is 0.0860 e. The van der Waals surface area contributed by atoms with Crippen LogP contribution in [0.3, 0.4) is 0 Å². The molecule has 0 unspecified atom stereocenters. The van der Waals surface area contributed by atoms with Crippen LogP contribution in [-0.4, -0.2) is 10.7 Å². The Morgan fingerprint density at radius 3 is 1.85 bits per heavy atom. The third-order valence-corrected chi connectivity index (χ3v) is 5.50. The van der Waals surface area contributed by atoms with Crippen molar-refractivity contribution in [1.82, 2.24) is 0 Å². The van der Waals surface area contributed by atoms with Crippen molar-refractivity contribution in [2.45, 2.75) is 91.6 Å². The van der Waals surface area contributed by atoms with Crippen LogP contribution in [-0.2, 0) is 0 Å². The van der Waals surface area contributed by atoms with E-state index in [2.05, 4.69) is 40.7 Å². The van der Waals surface area contributed by atoms with Gasteiger partial charge in [-0.2, -0.15) is 5.26 Å². The van der Waals surface area contributed by atoms with Gasteiger partial charge >= 0.3 is 0 Å². The summed E-state index contributed by atoms with van der Waals surface area (Å²) in [5.41, 5.74) is -0.982. The molecule has 0 amide bonds. The molecule has 1 N–H and O–H groups in total. The van der Waals surface area contributed by atoms with Gasteiger partial charge in [-0.15, -0.1) is 0 Å². The molecule has 2 heteroatoms. The lowest BCUT2D eigenvalue weighted by molar-refractivity contribution is -0.0961. The molecule has 0 saturated heterocycles. The van der Waals surface area contributed by atoms with Crippen molar-refractivity contribution < 1.29 is 5.11 Å². The Balaban J connectivity index is 2.92. The molecule has 20 heavy (non-hydrogen) atoms. The molecular weight excluding hydrogens is 246 g/mol. The van der Waals surface area contributed by atoms with E-state index in [1.165, 1.54) is 0 Å². The molecule has 0 bridgehead atoms. The number of hydrogen-bond acceptors (Lipinski definition) is 2. The number of aliphatic hydroxyl groups is 1. The second-order valence-corrected chi connectivity index (χ2v) is 7.87. The summed E-state index contributed by atoms with van der Waals surface area (Å²) < 4.78 is 0. The molecule has 1 aliphatic carbocycles. The highest BCUT2D eigenvalue weighted by Gasteiger charge is 2.51. The van der Waals surface area contributed by atoms with Crippen LogP contribution in [0.4, 0.5) is 0 Å². The zero-order valence-corrected chi connectivity index (χ0v) is 14.1. The van der Waals surface area contributed by atoms with Crippen LogP contribution in [0, 0.1) is 28.1 Å². The normalized spacial score (nSPS) is 28.1. The summed E-state index contributed by atoms with van der Waals surface area (Å²) in [6.45, 7) is 11.1.